The molecule has 0 unspecified atom stereocenters. The van der Waals surface area contributed by atoms with Crippen LogP contribution in [0.2, 0.25) is 0 Å². The Morgan fingerprint density at radius 1 is 0.800 bits per heavy atom. The maximum Gasteiger partial charge on any atom is 0.327 e. The van der Waals surface area contributed by atoms with Gasteiger partial charge in [-0.3, -0.25) is 4.79 Å². The molecule has 136 valence electrons. The maximum absolute atomic E-state index is 11.6. The van der Waals surface area contributed by atoms with Crippen LogP contribution in [-0.4, -0.2) is 23.0 Å². The number of rotatable bonds is 5. The molecular formula is C21H29NO3. The highest BCUT2D eigenvalue weighted by Crippen LogP contribution is 2.28. The molecular weight excluding hydrogens is 314 g/mol. The summed E-state index contributed by atoms with van der Waals surface area (Å²) in [6.45, 7) is 9.32. The molecule has 2 aromatic rings. The van der Waals surface area contributed by atoms with Crippen molar-refractivity contribution < 1.29 is 14.7 Å². The van der Waals surface area contributed by atoms with Crippen LogP contribution >= 0.6 is 0 Å². The average Bonchev–Trinajstić information content (AvgIpc) is 2.66. The van der Waals surface area contributed by atoms with Crippen molar-refractivity contribution in [1.82, 2.24) is 5.32 Å². The molecule has 1 amide bonds. The van der Waals surface area contributed by atoms with Gasteiger partial charge >= 0.3 is 5.97 Å². The molecule has 0 heterocycles. The summed E-state index contributed by atoms with van der Waals surface area (Å²) in [5.41, 5.74) is 1.70. The van der Waals surface area contributed by atoms with E-state index >= 15 is 0 Å². The van der Waals surface area contributed by atoms with Crippen molar-refractivity contribution in [2.75, 3.05) is 0 Å². The van der Waals surface area contributed by atoms with E-state index in [9.17, 15) is 14.7 Å². The lowest BCUT2D eigenvalue weighted by Gasteiger charge is -2.25. The standard InChI is InChI=1S/C17H17NO3.2C2H6/c1-12(19)18-16(17(20)21)15(13-8-4-2-5-9-13)14-10-6-3-7-11-14;2*1-2/h2-11,15-16H,1H3,(H,18,19)(H,20,21);2*1-2H3/t16-;;/m1../s1. The summed E-state index contributed by atoms with van der Waals surface area (Å²) in [6.07, 6.45) is 0. The van der Waals surface area contributed by atoms with Crippen molar-refractivity contribution in [2.45, 2.75) is 46.6 Å². The van der Waals surface area contributed by atoms with Gasteiger partial charge in [0.15, 0.2) is 0 Å². The number of carboxylic acids is 1. The monoisotopic (exact) mass is 343 g/mol. The molecule has 0 saturated heterocycles. The van der Waals surface area contributed by atoms with Gasteiger partial charge < -0.3 is 10.4 Å². The molecule has 0 aromatic heterocycles. The fourth-order valence-electron chi connectivity index (χ4n) is 2.40. The van der Waals surface area contributed by atoms with E-state index in [2.05, 4.69) is 5.32 Å². The molecule has 25 heavy (non-hydrogen) atoms. The minimum atomic E-state index is -1.05. The minimum Gasteiger partial charge on any atom is -0.480 e. The van der Waals surface area contributed by atoms with Crippen molar-refractivity contribution in [3.8, 4) is 0 Å². The van der Waals surface area contributed by atoms with Crippen molar-refractivity contribution >= 4 is 11.9 Å². The first-order chi connectivity index (χ1) is 12.1. The van der Waals surface area contributed by atoms with E-state index in [0.29, 0.717) is 0 Å². The number of benzene rings is 2. The largest absolute Gasteiger partial charge is 0.480 e. The van der Waals surface area contributed by atoms with Crippen molar-refractivity contribution in [2.24, 2.45) is 0 Å². The fraction of sp³-hybridized carbons (Fsp3) is 0.333. The van der Waals surface area contributed by atoms with Crippen LogP contribution in [0.15, 0.2) is 60.7 Å². The summed E-state index contributed by atoms with van der Waals surface area (Å²) in [6, 6.07) is 17.7. The number of aliphatic carboxylic acids is 1. The Labute approximate surface area is 150 Å². The number of hydrogen-bond acceptors (Lipinski definition) is 2. The van der Waals surface area contributed by atoms with Crippen LogP contribution in [0.4, 0.5) is 0 Å². The summed E-state index contributed by atoms with van der Waals surface area (Å²) in [4.78, 5) is 23.0. The third kappa shape index (κ3) is 7.21. The molecule has 2 N–H and O–H groups in total. The second-order valence-corrected chi connectivity index (χ2v) is 4.82. The predicted molar refractivity (Wildman–Crippen MR) is 103 cm³/mol. The van der Waals surface area contributed by atoms with Crippen LogP contribution in [0.5, 0.6) is 0 Å². The lowest BCUT2D eigenvalue weighted by molar-refractivity contribution is -0.141. The SMILES string of the molecule is CC.CC.CC(=O)N[C@@H](C(=O)O)C(c1ccccc1)c1ccccc1. The van der Waals surface area contributed by atoms with Crippen LogP contribution in [-0.2, 0) is 9.59 Å². The molecule has 0 radical (unpaired) electrons. The minimum absolute atomic E-state index is 0.362. The lowest BCUT2D eigenvalue weighted by atomic mass is 9.85. The molecule has 0 aliphatic rings. The number of amides is 1. The molecule has 2 rings (SSSR count). The van der Waals surface area contributed by atoms with Gasteiger partial charge in [-0.15, -0.1) is 0 Å². The number of carbonyl (C=O) groups excluding carboxylic acids is 1. The van der Waals surface area contributed by atoms with Gasteiger partial charge in [0.1, 0.15) is 6.04 Å². The highest BCUT2D eigenvalue weighted by molar-refractivity contribution is 5.83. The van der Waals surface area contributed by atoms with E-state index in [0.717, 1.165) is 11.1 Å². The second-order valence-electron chi connectivity index (χ2n) is 4.82. The molecule has 0 bridgehead atoms. The zero-order chi connectivity index (χ0) is 19.2. The molecule has 4 nitrogen and oxygen atoms in total. The molecule has 0 aliphatic carbocycles. The van der Waals surface area contributed by atoms with Crippen LogP contribution < -0.4 is 5.32 Å². The van der Waals surface area contributed by atoms with Gasteiger partial charge in [0.25, 0.3) is 0 Å². The van der Waals surface area contributed by atoms with Crippen LogP contribution in [0, 0.1) is 0 Å². The highest BCUT2D eigenvalue weighted by atomic mass is 16.4. The third-order valence-corrected chi connectivity index (χ3v) is 3.28. The summed E-state index contributed by atoms with van der Waals surface area (Å²) in [5.74, 6) is -1.85. The molecule has 0 aliphatic heterocycles. The van der Waals surface area contributed by atoms with Gasteiger partial charge in [0, 0.05) is 12.8 Å². The fourth-order valence-corrected chi connectivity index (χ4v) is 2.40. The number of carboxylic acid groups (broad SMARTS) is 1. The molecule has 0 spiro atoms. The summed E-state index contributed by atoms with van der Waals surface area (Å²) < 4.78 is 0. The van der Waals surface area contributed by atoms with Crippen molar-refractivity contribution in [3.63, 3.8) is 0 Å². The summed E-state index contributed by atoms with van der Waals surface area (Å²) in [7, 11) is 0. The predicted octanol–water partition coefficient (Wildman–Crippen LogP) is 4.46. The van der Waals surface area contributed by atoms with Gasteiger partial charge in [0.2, 0.25) is 5.91 Å². The molecule has 4 heteroatoms. The summed E-state index contributed by atoms with van der Waals surface area (Å²) in [5, 5.41) is 12.0. The van der Waals surface area contributed by atoms with Gasteiger partial charge in [-0.05, 0) is 11.1 Å². The van der Waals surface area contributed by atoms with E-state index in [4.69, 9.17) is 0 Å². The Morgan fingerprint density at radius 2 is 1.16 bits per heavy atom. The van der Waals surface area contributed by atoms with E-state index in [1.807, 2.05) is 88.4 Å². The van der Waals surface area contributed by atoms with E-state index in [1.54, 1.807) is 0 Å². The topological polar surface area (TPSA) is 66.4 Å². The third-order valence-electron chi connectivity index (χ3n) is 3.28. The first kappa shape index (κ1) is 22.4. The van der Waals surface area contributed by atoms with Crippen LogP contribution in [0.25, 0.3) is 0 Å². The van der Waals surface area contributed by atoms with Gasteiger partial charge in [-0.1, -0.05) is 88.4 Å². The zero-order valence-corrected chi connectivity index (χ0v) is 15.7. The number of hydrogen-bond donors (Lipinski definition) is 2. The highest BCUT2D eigenvalue weighted by Gasteiger charge is 2.31. The van der Waals surface area contributed by atoms with E-state index in [1.165, 1.54) is 6.92 Å². The Kier molecular flexibility index (Phi) is 11.4. The van der Waals surface area contributed by atoms with E-state index in [-0.39, 0.29) is 5.91 Å². The zero-order valence-electron chi connectivity index (χ0n) is 15.7. The first-order valence-corrected chi connectivity index (χ1v) is 8.69. The molecule has 1 atom stereocenters. The maximum atomic E-state index is 11.6. The smallest absolute Gasteiger partial charge is 0.327 e. The lowest BCUT2D eigenvalue weighted by Crippen LogP contribution is -2.44. The Balaban J connectivity index is 0.00000134. The van der Waals surface area contributed by atoms with Crippen LogP contribution in [0.3, 0.4) is 0 Å². The van der Waals surface area contributed by atoms with Gasteiger partial charge in [0.05, 0.1) is 0 Å². The van der Waals surface area contributed by atoms with Crippen molar-refractivity contribution in [3.05, 3.63) is 71.8 Å². The first-order valence-electron chi connectivity index (χ1n) is 8.69. The molecule has 2 aromatic carbocycles. The van der Waals surface area contributed by atoms with E-state index < -0.39 is 17.9 Å². The quantitative estimate of drug-likeness (QED) is 0.842. The van der Waals surface area contributed by atoms with Gasteiger partial charge in [-0.25, -0.2) is 4.79 Å². The van der Waals surface area contributed by atoms with Gasteiger partial charge in [-0.2, -0.15) is 0 Å². The van der Waals surface area contributed by atoms with Crippen LogP contribution in [0.1, 0.15) is 51.7 Å². The second kappa shape index (κ2) is 12.8. The Bertz CT molecular complexity index is 572. The summed E-state index contributed by atoms with van der Waals surface area (Å²) >= 11 is 0. The molecule has 0 saturated carbocycles. The number of nitrogens with one attached hydrogen (secondary N) is 1. The molecule has 0 fully saturated rings. The van der Waals surface area contributed by atoms with Crippen molar-refractivity contribution in [1.29, 1.82) is 0 Å². The Morgan fingerprint density at radius 3 is 1.44 bits per heavy atom. The Hall–Kier alpha value is -2.62. The number of carbonyl (C=O) groups is 2. The average molecular weight is 343 g/mol. The normalized spacial score (nSPS) is 10.5.